The van der Waals surface area contributed by atoms with Crippen LogP contribution in [0.4, 0.5) is 0 Å². The van der Waals surface area contributed by atoms with Crippen molar-refractivity contribution in [2.45, 2.75) is 71.9 Å². The maximum Gasteiger partial charge on any atom is 0.0823 e. The molecule has 18 heavy (non-hydrogen) atoms. The lowest BCUT2D eigenvalue weighted by Crippen LogP contribution is -2.19. The molecule has 1 aromatic rings. The molecule has 0 amide bonds. The van der Waals surface area contributed by atoms with E-state index >= 15 is 0 Å². The highest BCUT2D eigenvalue weighted by molar-refractivity contribution is 5.27. The van der Waals surface area contributed by atoms with Gasteiger partial charge < -0.3 is 5.11 Å². The topological polar surface area (TPSA) is 38.1 Å². The molecule has 0 bridgehead atoms. The highest BCUT2D eigenvalue weighted by atomic mass is 16.3. The average Bonchev–Trinajstić information content (AvgIpc) is 2.65. The molecule has 1 heterocycles. The van der Waals surface area contributed by atoms with Crippen molar-refractivity contribution in [1.82, 2.24) is 9.78 Å². The van der Waals surface area contributed by atoms with Gasteiger partial charge >= 0.3 is 0 Å². The van der Waals surface area contributed by atoms with Crippen LogP contribution in [0, 0.1) is 19.8 Å². The van der Waals surface area contributed by atoms with Gasteiger partial charge in [-0.05, 0) is 51.9 Å². The molecule has 0 aliphatic heterocycles. The molecule has 3 nitrogen and oxygen atoms in total. The van der Waals surface area contributed by atoms with Crippen LogP contribution in [-0.4, -0.2) is 14.9 Å². The highest BCUT2D eigenvalue weighted by Gasteiger charge is 2.25. The smallest absolute Gasteiger partial charge is 0.0823 e. The Labute approximate surface area is 110 Å². The Morgan fingerprint density at radius 1 is 1.28 bits per heavy atom. The summed E-state index contributed by atoms with van der Waals surface area (Å²) in [6.07, 6.45) is 5.45. The van der Waals surface area contributed by atoms with E-state index in [0.717, 1.165) is 23.6 Å². The van der Waals surface area contributed by atoms with Crippen molar-refractivity contribution in [3.63, 3.8) is 0 Å². The van der Waals surface area contributed by atoms with Crippen molar-refractivity contribution in [2.75, 3.05) is 0 Å². The Balaban J connectivity index is 2.24. The second kappa shape index (κ2) is 5.43. The van der Waals surface area contributed by atoms with Gasteiger partial charge in [0.2, 0.25) is 0 Å². The monoisotopic (exact) mass is 250 g/mol. The van der Waals surface area contributed by atoms with E-state index in [0.29, 0.717) is 6.04 Å². The molecule has 1 aromatic heterocycles. The number of hydrogen-bond donors (Lipinski definition) is 1. The Kier molecular flexibility index (Phi) is 4.10. The third-order valence-corrected chi connectivity index (χ3v) is 4.43. The van der Waals surface area contributed by atoms with E-state index in [4.69, 9.17) is 0 Å². The van der Waals surface area contributed by atoms with Crippen LogP contribution in [0.15, 0.2) is 0 Å². The molecule has 1 saturated carbocycles. The van der Waals surface area contributed by atoms with Crippen molar-refractivity contribution >= 4 is 0 Å². The zero-order valence-electron chi connectivity index (χ0n) is 12.1. The van der Waals surface area contributed by atoms with Gasteiger partial charge in [0.05, 0.1) is 17.8 Å². The summed E-state index contributed by atoms with van der Waals surface area (Å²) >= 11 is 0. The number of aliphatic hydroxyl groups excluding tert-OH is 1. The maximum absolute atomic E-state index is 10.1. The van der Waals surface area contributed by atoms with Crippen LogP contribution >= 0.6 is 0 Å². The number of rotatable bonds is 3. The van der Waals surface area contributed by atoms with Crippen LogP contribution in [0.2, 0.25) is 0 Å². The number of hydrogen-bond acceptors (Lipinski definition) is 2. The van der Waals surface area contributed by atoms with Gasteiger partial charge in [-0.3, -0.25) is 4.68 Å². The first-order chi connectivity index (χ1) is 8.54. The normalized spacial score (nSPS) is 26.3. The van der Waals surface area contributed by atoms with Gasteiger partial charge in [0.15, 0.2) is 0 Å². The molecular formula is C15H26N2O. The zero-order valence-corrected chi connectivity index (χ0v) is 12.1. The Morgan fingerprint density at radius 3 is 2.44 bits per heavy atom. The summed E-state index contributed by atoms with van der Waals surface area (Å²) in [6.45, 7) is 8.47. The fourth-order valence-electron chi connectivity index (χ4n) is 3.20. The zero-order chi connectivity index (χ0) is 13.3. The van der Waals surface area contributed by atoms with Crippen LogP contribution in [0.25, 0.3) is 0 Å². The third kappa shape index (κ3) is 2.46. The standard InChI is InChI=1S/C15H26N2O/c1-5-14(18)15-11(3)16-17(12(15)4)13-8-6-10(2)7-9-13/h10,13-14,18H,5-9H2,1-4H3. The molecule has 0 radical (unpaired) electrons. The molecular weight excluding hydrogens is 224 g/mol. The summed E-state index contributed by atoms with van der Waals surface area (Å²) in [5, 5.41) is 14.8. The molecule has 0 saturated heterocycles. The summed E-state index contributed by atoms with van der Waals surface area (Å²) in [4.78, 5) is 0. The van der Waals surface area contributed by atoms with Gasteiger partial charge in [0.25, 0.3) is 0 Å². The molecule has 0 aromatic carbocycles. The minimum atomic E-state index is -0.360. The van der Waals surface area contributed by atoms with Crippen LogP contribution in [-0.2, 0) is 0 Å². The van der Waals surface area contributed by atoms with Gasteiger partial charge in [-0.15, -0.1) is 0 Å². The molecule has 1 atom stereocenters. The second-order valence-corrected chi connectivity index (χ2v) is 5.87. The third-order valence-electron chi connectivity index (χ3n) is 4.43. The van der Waals surface area contributed by atoms with Crippen molar-refractivity contribution < 1.29 is 5.11 Å². The van der Waals surface area contributed by atoms with Gasteiger partial charge in [-0.2, -0.15) is 5.10 Å². The number of nitrogens with zero attached hydrogens (tertiary/aromatic N) is 2. The molecule has 1 N–H and O–H groups in total. The molecule has 1 fully saturated rings. The van der Waals surface area contributed by atoms with Crippen molar-refractivity contribution in [1.29, 1.82) is 0 Å². The molecule has 1 unspecified atom stereocenters. The Bertz CT molecular complexity index is 403. The predicted molar refractivity (Wildman–Crippen MR) is 73.6 cm³/mol. The van der Waals surface area contributed by atoms with Crippen LogP contribution in [0.5, 0.6) is 0 Å². The first-order valence-electron chi connectivity index (χ1n) is 7.28. The summed E-state index contributed by atoms with van der Waals surface area (Å²) < 4.78 is 2.18. The highest BCUT2D eigenvalue weighted by Crippen LogP contribution is 2.34. The fraction of sp³-hybridized carbons (Fsp3) is 0.800. The first kappa shape index (κ1) is 13.6. The maximum atomic E-state index is 10.1. The minimum Gasteiger partial charge on any atom is -0.388 e. The van der Waals surface area contributed by atoms with Crippen LogP contribution < -0.4 is 0 Å². The summed E-state index contributed by atoms with van der Waals surface area (Å²) in [6, 6.07) is 0.540. The van der Waals surface area contributed by atoms with E-state index in [2.05, 4.69) is 23.6 Å². The quantitative estimate of drug-likeness (QED) is 0.888. The van der Waals surface area contributed by atoms with E-state index in [1.54, 1.807) is 0 Å². The Hall–Kier alpha value is -0.830. The fourth-order valence-corrected chi connectivity index (χ4v) is 3.20. The van der Waals surface area contributed by atoms with Gasteiger partial charge in [-0.1, -0.05) is 13.8 Å². The number of aliphatic hydroxyl groups is 1. The van der Waals surface area contributed by atoms with E-state index < -0.39 is 0 Å². The largest absolute Gasteiger partial charge is 0.388 e. The SMILES string of the molecule is CCC(O)c1c(C)nn(C2CCC(C)CC2)c1C. The summed E-state index contributed by atoms with van der Waals surface area (Å²) in [5.74, 6) is 0.860. The van der Waals surface area contributed by atoms with E-state index in [1.165, 1.54) is 31.4 Å². The molecule has 3 heteroatoms. The van der Waals surface area contributed by atoms with Gasteiger partial charge in [0, 0.05) is 11.3 Å². The predicted octanol–water partition coefficient (Wildman–Crippen LogP) is 3.69. The molecule has 1 aliphatic rings. The van der Waals surface area contributed by atoms with Crippen LogP contribution in [0.1, 0.15) is 75.0 Å². The number of aryl methyl sites for hydroxylation is 1. The molecule has 2 rings (SSSR count). The minimum absolute atomic E-state index is 0.360. The molecule has 102 valence electrons. The van der Waals surface area contributed by atoms with Crippen molar-refractivity contribution in [3.8, 4) is 0 Å². The summed E-state index contributed by atoms with van der Waals surface area (Å²) in [5.41, 5.74) is 3.22. The van der Waals surface area contributed by atoms with Crippen molar-refractivity contribution in [2.24, 2.45) is 5.92 Å². The van der Waals surface area contributed by atoms with Gasteiger partial charge in [-0.25, -0.2) is 0 Å². The molecule has 0 spiro atoms. The Morgan fingerprint density at radius 2 is 1.89 bits per heavy atom. The molecule has 1 aliphatic carbocycles. The van der Waals surface area contributed by atoms with Crippen LogP contribution in [0.3, 0.4) is 0 Å². The summed E-state index contributed by atoms with van der Waals surface area (Å²) in [7, 11) is 0. The number of aromatic nitrogens is 2. The van der Waals surface area contributed by atoms with E-state index in [1.807, 2.05) is 13.8 Å². The van der Waals surface area contributed by atoms with E-state index in [9.17, 15) is 5.11 Å². The average molecular weight is 250 g/mol. The lowest BCUT2D eigenvalue weighted by molar-refractivity contribution is 0.171. The lowest BCUT2D eigenvalue weighted by Gasteiger charge is -2.27. The lowest BCUT2D eigenvalue weighted by atomic mass is 9.87. The second-order valence-electron chi connectivity index (χ2n) is 5.87. The van der Waals surface area contributed by atoms with Gasteiger partial charge in [0.1, 0.15) is 0 Å². The first-order valence-corrected chi connectivity index (χ1v) is 7.28. The van der Waals surface area contributed by atoms with Crippen molar-refractivity contribution in [3.05, 3.63) is 17.0 Å². The van der Waals surface area contributed by atoms with E-state index in [-0.39, 0.29) is 6.10 Å².